The first-order valence-electron chi connectivity index (χ1n) is 7.41. The third-order valence-electron chi connectivity index (χ3n) is 4.25. The first kappa shape index (κ1) is 14.6. The zero-order valence-electron chi connectivity index (χ0n) is 12.4. The molecule has 116 valence electrons. The summed E-state index contributed by atoms with van der Waals surface area (Å²) in [5, 5.41) is 0. The van der Waals surface area contributed by atoms with E-state index in [0.29, 0.717) is 24.2 Å². The van der Waals surface area contributed by atoms with Crippen molar-refractivity contribution in [3.05, 3.63) is 29.8 Å². The highest BCUT2D eigenvalue weighted by Gasteiger charge is 2.41. The minimum atomic E-state index is -0.500. The number of anilines is 1. The fourth-order valence-corrected chi connectivity index (χ4v) is 3.13. The SMILES string of the molecule is COC(=O)CN1C(=O)C2CCCCN2C(=O)c2ccccc21. The van der Waals surface area contributed by atoms with Gasteiger partial charge < -0.3 is 9.64 Å². The van der Waals surface area contributed by atoms with E-state index in [9.17, 15) is 14.4 Å². The van der Waals surface area contributed by atoms with Crippen molar-refractivity contribution in [2.45, 2.75) is 25.3 Å². The van der Waals surface area contributed by atoms with Crippen LogP contribution in [-0.4, -0.2) is 48.9 Å². The number of rotatable bonds is 2. The monoisotopic (exact) mass is 302 g/mol. The van der Waals surface area contributed by atoms with Gasteiger partial charge in [-0.05, 0) is 31.4 Å². The minimum Gasteiger partial charge on any atom is -0.468 e. The summed E-state index contributed by atoms with van der Waals surface area (Å²) in [5.41, 5.74) is 0.946. The predicted octanol–water partition coefficient (Wildman–Crippen LogP) is 1.20. The van der Waals surface area contributed by atoms with Crippen LogP contribution in [0.15, 0.2) is 24.3 Å². The minimum absolute atomic E-state index is 0.138. The number of hydrogen-bond acceptors (Lipinski definition) is 4. The van der Waals surface area contributed by atoms with Crippen molar-refractivity contribution in [2.24, 2.45) is 0 Å². The number of methoxy groups -OCH3 is 1. The van der Waals surface area contributed by atoms with Gasteiger partial charge in [-0.15, -0.1) is 0 Å². The normalized spacial score (nSPS) is 21.0. The molecule has 2 amide bonds. The molecule has 1 atom stereocenters. The second kappa shape index (κ2) is 5.79. The lowest BCUT2D eigenvalue weighted by Gasteiger charge is -2.34. The van der Waals surface area contributed by atoms with E-state index >= 15 is 0 Å². The zero-order chi connectivity index (χ0) is 15.7. The van der Waals surface area contributed by atoms with Crippen LogP contribution in [0.1, 0.15) is 29.6 Å². The van der Waals surface area contributed by atoms with Crippen molar-refractivity contribution in [1.82, 2.24) is 4.90 Å². The van der Waals surface area contributed by atoms with Gasteiger partial charge in [0.05, 0.1) is 18.4 Å². The van der Waals surface area contributed by atoms with Crippen LogP contribution in [-0.2, 0) is 14.3 Å². The van der Waals surface area contributed by atoms with Crippen molar-refractivity contribution in [2.75, 3.05) is 25.1 Å². The van der Waals surface area contributed by atoms with Gasteiger partial charge in [-0.1, -0.05) is 12.1 Å². The predicted molar refractivity (Wildman–Crippen MR) is 79.5 cm³/mol. The summed E-state index contributed by atoms with van der Waals surface area (Å²) >= 11 is 0. The van der Waals surface area contributed by atoms with E-state index in [1.165, 1.54) is 12.0 Å². The largest absolute Gasteiger partial charge is 0.468 e. The number of ether oxygens (including phenoxy) is 1. The Morgan fingerprint density at radius 1 is 1.27 bits per heavy atom. The maximum atomic E-state index is 12.9. The van der Waals surface area contributed by atoms with Crippen molar-refractivity contribution < 1.29 is 19.1 Å². The van der Waals surface area contributed by atoms with Crippen molar-refractivity contribution in [3.8, 4) is 0 Å². The molecule has 0 bridgehead atoms. The summed E-state index contributed by atoms with van der Waals surface area (Å²) in [5.74, 6) is -0.843. The number of fused-ring (bicyclic) bond motifs is 2. The summed E-state index contributed by atoms with van der Waals surface area (Å²) in [7, 11) is 1.29. The fourth-order valence-electron chi connectivity index (χ4n) is 3.13. The number of hydrogen-bond donors (Lipinski definition) is 0. The number of esters is 1. The lowest BCUT2D eigenvalue weighted by molar-refractivity contribution is -0.140. The molecule has 1 unspecified atom stereocenters. The molecular formula is C16H18N2O4. The van der Waals surface area contributed by atoms with Crippen molar-refractivity contribution in [3.63, 3.8) is 0 Å². The Balaban J connectivity index is 2.08. The summed E-state index contributed by atoms with van der Waals surface area (Å²) < 4.78 is 4.69. The molecule has 6 heteroatoms. The molecule has 2 aliphatic rings. The number of carbonyl (C=O) groups is 3. The molecule has 2 aliphatic heterocycles. The number of carbonyl (C=O) groups excluding carboxylic acids is 3. The molecular weight excluding hydrogens is 284 g/mol. The standard InChI is InChI=1S/C16H18N2O4/c1-22-14(19)10-18-12-7-3-2-6-11(12)15(20)17-9-5-4-8-13(17)16(18)21/h2-3,6-7,13H,4-5,8-10H2,1H3. The maximum Gasteiger partial charge on any atom is 0.325 e. The summed E-state index contributed by atoms with van der Waals surface area (Å²) in [4.78, 5) is 40.3. The van der Waals surface area contributed by atoms with Gasteiger partial charge >= 0.3 is 5.97 Å². The van der Waals surface area contributed by atoms with Gasteiger partial charge in [-0.25, -0.2) is 0 Å². The first-order chi connectivity index (χ1) is 10.6. The third kappa shape index (κ3) is 2.34. The molecule has 0 aromatic heterocycles. The van der Waals surface area contributed by atoms with Crippen LogP contribution in [0.2, 0.25) is 0 Å². The molecule has 0 radical (unpaired) electrons. The molecule has 2 heterocycles. The molecule has 1 saturated heterocycles. The molecule has 0 aliphatic carbocycles. The second-order valence-corrected chi connectivity index (χ2v) is 5.53. The summed E-state index contributed by atoms with van der Waals surface area (Å²) in [6, 6.07) is 6.44. The Morgan fingerprint density at radius 3 is 2.82 bits per heavy atom. The van der Waals surface area contributed by atoms with Crippen molar-refractivity contribution >= 4 is 23.5 Å². The number of benzene rings is 1. The highest BCUT2D eigenvalue weighted by Crippen LogP contribution is 2.31. The topological polar surface area (TPSA) is 66.9 Å². The van der Waals surface area contributed by atoms with Gasteiger partial charge in [0.15, 0.2) is 0 Å². The van der Waals surface area contributed by atoms with Gasteiger partial charge in [0, 0.05) is 6.54 Å². The zero-order valence-corrected chi connectivity index (χ0v) is 12.4. The molecule has 0 N–H and O–H groups in total. The van der Waals surface area contributed by atoms with E-state index in [0.717, 1.165) is 12.8 Å². The number of para-hydroxylation sites is 1. The lowest BCUT2D eigenvalue weighted by atomic mass is 10.0. The number of piperidine rings is 1. The molecule has 0 saturated carbocycles. The highest BCUT2D eigenvalue weighted by molar-refractivity contribution is 6.12. The molecule has 1 aromatic carbocycles. The van der Waals surface area contributed by atoms with Crippen LogP contribution in [0.25, 0.3) is 0 Å². The van der Waals surface area contributed by atoms with Crippen LogP contribution < -0.4 is 4.90 Å². The van der Waals surface area contributed by atoms with Crippen LogP contribution >= 0.6 is 0 Å². The van der Waals surface area contributed by atoms with E-state index < -0.39 is 12.0 Å². The van der Waals surface area contributed by atoms with Gasteiger partial charge in [-0.2, -0.15) is 0 Å². The summed E-state index contributed by atoms with van der Waals surface area (Å²) in [6.45, 7) is 0.402. The fraction of sp³-hybridized carbons (Fsp3) is 0.438. The van der Waals surface area contributed by atoms with E-state index in [-0.39, 0.29) is 18.4 Å². The van der Waals surface area contributed by atoms with E-state index in [4.69, 9.17) is 0 Å². The van der Waals surface area contributed by atoms with Crippen LogP contribution in [0.5, 0.6) is 0 Å². The van der Waals surface area contributed by atoms with E-state index in [1.54, 1.807) is 29.2 Å². The van der Waals surface area contributed by atoms with Crippen LogP contribution in [0.3, 0.4) is 0 Å². The molecule has 1 fully saturated rings. The smallest absolute Gasteiger partial charge is 0.325 e. The molecule has 6 nitrogen and oxygen atoms in total. The Labute approximate surface area is 128 Å². The first-order valence-corrected chi connectivity index (χ1v) is 7.41. The van der Waals surface area contributed by atoms with Gasteiger partial charge in [-0.3, -0.25) is 19.3 Å². The van der Waals surface area contributed by atoms with Crippen LogP contribution in [0.4, 0.5) is 5.69 Å². The number of amides is 2. The Morgan fingerprint density at radius 2 is 2.05 bits per heavy atom. The average Bonchev–Trinajstić information content (AvgIpc) is 2.65. The van der Waals surface area contributed by atoms with Crippen LogP contribution in [0, 0.1) is 0 Å². The molecule has 0 spiro atoms. The van der Waals surface area contributed by atoms with Gasteiger partial charge in [0.25, 0.3) is 5.91 Å². The molecule has 22 heavy (non-hydrogen) atoms. The second-order valence-electron chi connectivity index (χ2n) is 5.53. The maximum absolute atomic E-state index is 12.9. The van der Waals surface area contributed by atoms with E-state index in [2.05, 4.69) is 4.74 Å². The van der Waals surface area contributed by atoms with E-state index in [1.807, 2.05) is 0 Å². The summed E-state index contributed by atoms with van der Waals surface area (Å²) in [6.07, 6.45) is 2.44. The van der Waals surface area contributed by atoms with Crippen molar-refractivity contribution in [1.29, 1.82) is 0 Å². The Hall–Kier alpha value is -2.37. The Kier molecular flexibility index (Phi) is 3.83. The van der Waals surface area contributed by atoms with Gasteiger partial charge in [0.2, 0.25) is 5.91 Å². The molecule has 1 aromatic rings. The average molecular weight is 302 g/mol. The van der Waals surface area contributed by atoms with Gasteiger partial charge in [0.1, 0.15) is 12.6 Å². The Bertz CT molecular complexity index is 628. The number of nitrogens with zero attached hydrogens (tertiary/aromatic N) is 2. The highest BCUT2D eigenvalue weighted by atomic mass is 16.5. The third-order valence-corrected chi connectivity index (χ3v) is 4.25. The lowest BCUT2D eigenvalue weighted by Crippen LogP contribution is -2.51. The quantitative estimate of drug-likeness (QED) is 0.770. The molecule has 3 rings (SSSR count).